The van der Waals surface area contributed by atoms with E-state index in [-0.39, 0.29) is 0 Å². The topological polar surface area (TPSA) is 26.0 Å². The first kappa shape index (κ1) is 17.1. The van der Waals surface area contributed by atoms with Gasteiger partial charge in [0.2, 0.25) is 0 Å². The predicted molar refractivity (Wildman–Crippen MR) is 102 cm³/mol. The number of rotatable bonds is 6. The number of hydrogen-bond donors (Lipinski definition) is 0. The molecule has 3 rings (SSSR count). The summed E-state index contributed by atoms with van der Waals surface area (Å²) < 4.78 is 4.69. The first-order valence-electron chi connectivity index (χ1n) is 7.92. The Hall–Kier alpha value is -1.76. The van der Waals surface area contributed by atoms with Crippen molar-refractivity contribution in [2.24, 2.45) is 7.05 Å². The minimum atomic E-state index is 0.686. The highest BCUT2D eigenvalue weighted by atomic mass is 32.1. The summed E-state index contributed by atoms with van der Waals surface area (Å²) in [5, 5.41) is 6.82. The molecule has 3 aromatic rings. The zero-order valence-corrected chi connectivity index (χ0v) is 15.9. The van der Waals surface area contributed by atoms with Crippen LogP contribution >= 0.6 is 23.6 Å². The number of hydrogen-bond acceptors (Lipinski definition) is 4. The van der Waals surface area contributed by atoms with Crippen LogP contribution < -0.4 is 0 Å². The molecule has 24 heavy (non-hydrogen) atoms. The van der Waals surface area contributed by atoms with Gasteiger partial charge in [0.05, 0.1) is 6.67 Å². The summed E-state index contributed by atoms with van der Waals surface area (Å²) in [6.07, 6.45) is 0.826. The summed E-state index contributed by atoms with van der Waals surface area (Å²) in [6.45, 7) is 3.71. The molecule has 0 N–H and O–H groups in total. The number of benzene rings is 1. The lowest BCUT2D eigenvalue weighted by Gasteiger charge is -2.17. The molecule has 0 spiro atoms. The molecular formula is C18H22N4S2. The third-order valence-corrected chi connectivity index (χ3v) is 5.48. The fourth-order valence-electron chi connectivity index (χ4n) is 2.70. The van der Waals surface area contributed by atoms with Gasteiger partial charge in [-0.25, -0.2) is 4.68 Å². The summed E-state index contributed by atoms with van der Waals surface area (Å²) in [5.41, 5.74) is 2.65. The van der Waals surface area contributed by atoms with Gasteiger partial charge in [0, 0.05) is 24.9 Å². The van der Waals surface area contributed by atoms with Gasteiger partial charge in [-0.2, -0.15) is 5.10 Å². The van der Waals surface area contributed by atoms with Gasteiger partial charge in [-0.1, -0.05) is 30.3 Å². The third kappa shape index (κ3) is 3.83. The molecule has 0 bridgehead atoms. The summed E-state index contributed by atoms with van der Waals surface area (Å²) in [4.78, 5) is 3.54. The number of aryl methyl sites for hydroxylation is 1. The van der Waals surface area contributed by atoms with Crippen LogP contribution in [0.2, 0.25) is 0 Å². The van der Waals surface area contributed by atoms with Crippen molar-refractivity contribution in [2.75, 3.05) is 7.05 Å². The van der Waals surface area contributed by atoms with Gasteiger partial charge in [0.15, 0.2) is 4.77 Å². The van der Waals surface area contributed by atoms with Crippen LogP contribution in [0.15, 0.2) is 41.8 Å². The number of thiophene rings is 1. The summed E-state index contributed by atoms with van der Waals surface area (Å²) in [6, 6.07) is 12.7. The van der Waals surface area contributed by atoms with Crippen LogP contribution in [0.4, 0.5) is 0 Å². The molecule has 0 amide bonds. The van der Waals surface area contributed by atoms with Gasteiger partial charge in [-0.05, 0) is 48.8 Å². The number of nitrogens with zero attached hydrogens (tertiary/aromatic N) is 4. The summed E-state index contributed by atoms with van der Waals surface area (Å²) in [7, 11) is 4.10. The monoisotopic (exact) mass is 358 g/mol. The van der Waals surface area contributed by atoms with E-state index >= 15 is 0 Å². The average Bonchev–Trinajstić information content (AvgIpc) is 3.15. The van der Waals surface area contributed by atoms with Crippen molar-refractivity contribution < 1.29 is 0 Å². The SMILES string of the molecule is Cc1ccccc1CN(C)Cn1nc(Cc2cccs2)n(C)c1=S. The summed E-state index contributed by atoms with van der Waals surface area (Å²) in [5.74, 6) is 1.01. The Morgan fingerprint density at radius 1 is 1.21 bits per heavy atom. The zero-order chi connectivity index (χ0) is 17.1. The van der Waals surface area contributed by atoms with Crippen LogP contribution in [-0.2, 0) is 26.7 Å². The van der Waals surface area contributed by atoms with Crippen LogP contribution in [0.25, 0.3) is 0 Å². The minimum Gasteiger partial charge on any atom is -0.307 e. The maximum absolute atomic E-state index is 5.56. The Morgan fingerprint density at radius 3 is 2.71 bits per heavy atom. The van der Waals surface area contributed by atoms with E-state index < -0.39 is 0 Å². The normalized spacial score (nSPS) is 11.3. The van der Waals surface area contributed by atoms with Crippen LogP contribution in [0.1, 0.15) is 21.8 Å². The molecule has 6 heteroatoms. The van der Waals surface area contributed by atoms with Crippen molar-refractivity contribution >= 4 is 23.6 Å². The lowest BCUT2D eigenvalue weighted by Crippen LogP contribution is -2.23. The standard InChI is InChI=1S/C18H22N4S2/c1-14-7-4-5-8-15(14)12-20(2)13-22-18(23)21(3)17(19-22)11-16-9-6-10-24-16/h4-10H,11-13H2,1-3H3. The molecule has 0 fully saturated rings. The second kappa shape index (κ2) is 7.42. The van der Waals surface area contributed by atoms with Crippen molar-refractivity contribution in [3.05, 3.63) is 68.4 Å². The lowest BCUT2D eigenvalue weighted by atomic mass is 10.1. The quantitative estimate of drug-likeness (QED) is 0.623. The first-order chi connectivity index (χ1) is 11.5. The molecule has 4 nitrogen and oxygen atoms in total. The Balaban J connectivity index is 1.73. The Morgan fingerprint density at radius 2 is 2.00 bits per heavy atom. The minimum absolute atomic E-state index is 0.686. The first-order valence-corrected chi connectivity index (χ1v) is 9.21. The Kier molecular flexibility index (Phi) is 5.28. The van der Waals surface area contributed by atoms with Gasteiger partial charge in [0.25, 0.3) is 0 Å². The van der Waals surface area contributed by atoms with Crippen LogP contribution in [0.5, 0.6) is 0 Å². The van der Waals surface area contributed by atoms with E-state index in [1.807, 2.05) is 16.3 Å². The predicted octanol–water partition coefficient (Wildman–Crippen LogP) is 4.00. The van der Waals surface area contributed by atoms with Crippen LogP contribution in [-0.4, -0.2) is 26.3 Å². The van der Waals surface area contributed by atoms with E-state index in [2.05, 4.69) is 60.6 Å². The Bertz CT molecular complexity index is 862. The molecule has 0 aliphatic carbocycles. The lowest BCUT2D eigenvalue weighted by molar-refractivity contribution is 0.243. The largest absolute Gasteiger partial charge is 0.307 e. The molecule has 126 valence electrons. The van der Waals surface area contributed by atoms with E-state index in [4.69, 9.17) is 17.3 Å². The summed E-state index contributed by atoms with van der Waals surface area (Å²) >= 11 is 7.31. The molecule has 0 aliphatic heterocycles. The molecule has 2 aromatic heterocycles. The van der Waals surface area contributed by atoms with E-state index in [1.165, 1.54) is 16.0 Å². The number of aromatic nitrogens is 3. The van der Waals surface area contributed by atoms with Gasteiger partial charge >= 0.3 is 0 Å². The van der Waals surface area contributed by atoms with Crippen molar-refractivity contribution in [3.63, 3.8) is 0 Å². The third-order valence-electron chi connectivity index (χ3n) is 4.12. The highest BCUT2D eigenvalue weighted by Crippen LogP contribution is 2.14. The van der Waals surface area contributed by atoms with Crippen LogP contribution in [0.3, 0.4) is 0 Å². The van der Waals surface area contributed by atoms with Crippen LogP contribution in [0, 0.1) is 11.7 Å². The fourth-order valence-corrected chi connectivity index (χ4v) is 3.61. The van der Waals surface area contributed by atoms with Crippen molar-refractivity contribution in [2.45, 2.75) is 26.6 Å². The van der Waals surface area contributed by atoms with Crippen molar-refractivity contribution in [1.29, 1.82) is 0 Å². The van der Waals surface area contributed by atoms with Gasteiger partial charge < -0.3 is 4.57 Å². The van der Waals surface area contributed by atoms with Crippen molar-refractivity contribution in [1.82, 2.24) is 19.2 Å². The molecule has 0 saturated heterocycles. The molecule has 0 atom stereocenters. The highest BCUT2D eigenvalue weighted by molar-refractivity contribution is 7.71. The second-order valence-electron chi connectivity index (χ2n) is 6.10. The van der Waals surface area contributed by atoms with E-state index in [0.29, 0.717) is 6.67 Å². The van der Waals surface area contributed by atoms with Gasteiger partial charge in [-0.15, -0.1) is 11.3 Å². The molecule has 2 heterocycles. The fraction of sp³-hybridized carbons (Fsp3) is 0.333. The highest BCUT2D eigenvalue weighted by Gasteiger charge is 2.11. The zero-order valence-electron chi connectivity index (χ0n) is 14.3. The molecule has 0 aliphatic rings. The molecule has 1 aromatic carbocycles. The Labute approximate surface area is 152 Å². The molecule has 0 unspecified atom stereocenters. The van der Waals surface area contributed by atoms with E-state index in [9.17, 15) is 0 Å². The molecule has 0 saturated carbocycles. The van der Waals surface area contributed by atoms with Gasteiger partial charge in [0.1, 0.15) is 5.82 Å². The van der Waals surface area contributed by atoms with E-state index in [0.717, 1.165) is 23.6 Å². The maximum Gasteiger partial charge on any atom is 0.198 e. The average molecular weight is 359 g/mol. The second-order valence-corrected chi connectivity index (χ2v) is 7.49. The van der Waals surface area contributed by atoms with Crippen molar-refractivity contribution in [3.8, 4) is 0 Å². The smallest absolute Gasteiger partial charge is 0.198 e. The maximum atomic E-state index is 5.56. The van der Waals surface area contributed by atoms with Gasteiger partial charge in [-0.3, -0.25) is 4.90 Å². The van der Waals surface area contributed by atoms with E-state index in [1.54, 1.807) is 11.3 Å². The molecular weight excluding hydrogens is 336 g/mol. The molecule has 0 radical (unpaired) electrons.